The maximum Gasteiger partial charge on any atom is 0.125 e. The molecule has 0 aliphatic carbocycles. The number of hydrogen-bond donors (Lipinski definition) is 1. The number of halogens is 1. The molecule has 3 rings (SSSR count). The lowest BCUT2D eigenvalue weighted by atomic mass is 9.88. The van der Waals surface area contributed by atoms with Gasteiger partial charge in [0.05, 0.1) is 13.2 Å². The third-order valence-electron chi connectivity index (χ3n) is 4.07. The Kier molecular flexibility index (Phi) is 6.41. The third-order valence-corrected chi connectivity index (χ3v) is 5.09. The zero-order valence-electron chi connectivity index (χ0n) is 12.5. The Balaban J connectivity index is 0.00000176. The monoisotopic (exact) mass is 339 g/mol. The molecule has 0 bridgehead atoms. The third kappa shape index (κ3) is 3.89. The number of nitrogens with zero attached hydrogens (tertiary/aromatic N) is 1. The van der Waals surface area contributed by atoms with Crippen molar-refractivity contribution in [3.8, 4) is 0 Å². The van der Waals surface area contributed by atoms with Gasteiger partial charge in [0.15, 0.2) is 0 Å². The Bertz CT molecular complexity index is 543. The van der Waals surface area contributed by atoms with E-state index in [0.717, 1.165) is 43.3 Å². The van der Waals surface area contributed by atoms with Crippen LogP contribution in [-0.4, -0.2) is 42.9 Å². The molecule has 2 aromatic rings. The number of hydrogen-bond acceptors (Lipinski definition) is 4. The van der Waals surface area contributed by atoms with Crippen molar-refractivity contribution in [1.82, 2.24) is 4.90 Å². The second kappa shape index (κ2) is 8.09. The largest absolute Gasteiger partial charge is 0.379 e. The van der Waals surface area contributed by atoms with Crippen molar-refractivity contribution in [1.29, 1.82) is 0 Å². The number of morpholine rings is 1. The highest BCUT2D eigenvalue weighted by atomic mass is 35.5. The number of benzene rings is 1. The molecule has 1 aliphatic rings. The van der Waals surface area contributed by atoms with Crippen LogP contribution < -0.4 is 0 Å². The van der Waals surface area contributed by atoms with Crippen molar-refractivity contribution in [2.45, 2.75) is 12.0 Å². The predicted octanol–water partition coefficient (Wildman–Crippen LogP) is 3.13. The van der Waals surface area contributed by atoms with Crippen LogP contribution in [0.2, 0.25) is 0 Å². The molecule has 3 nitrogen and oxygen atoms in total. The van der Waals surface area contributed by atoms with E-state index in [1.54, 1.807) is 11.3 Å². The molecule has 1 saturated heterocycles. The van der Waals surface area contributed by atoms with E-state index in [-0.39, 0.29) is 12.4 Å². The molecule has 2 heterocycles. The Morgan fingerprint density at radius 1 is 1.09 bits per heavy atom. The second-order valence-corrected chi connectivity index (χ2v) is 6.36. The van der Waals surface area contributed by atoms with Gasteiger partial charge in [-0.1, -0.05) is 36.4 Å². The van der Waals surface area contributed by atoms with Gasteiger partial charge in [-0.2, -0.15) is 0 Å². The van der Waals surface area contributed by atoms with Gasteiger partial charge in [-0.3, -0.25) is 4.90 Å². The lowest BCUT2D eigenvalue weighted by molar-refractivity contribution is 0.0154. The number of thiophene rings is 1. The van der Waals surface area contributed by atoms with Crippen molar-refractivity contribution in [2.24, 2.45) is 0 Å². The SMILES string of the molecule is Cl.OC(CCN1CCOCC1)(c1ccccc1)c1cccs1. The molecule has 1 fully saturated rings. The summed E-state index contributed by atoms with van der Waals surface area (Å²) in [6.45, 7) is 4.38. The summed E-state index contributed by atoms with van der Waals surface area (Å²) >= 11 is 1.62. The molecule has 0 saturated carbocycles. The van der Waals surface area contributed by atoms with Crippen LogP contribution in [0.25, 0.3) is 0 Å². The Hall–Kier alpha value is -0.910. The highest BCUT2D eigenvalue weighted by molar-refractivity contribution is 7.10. The maximum atomic E-state index is 11.3. The first-order chi connectivity index (χ1) is 10.3. The Morgan fingerprint density at radius 3 is 2.45 bits per heavy atom. The molecule has 1 aromatic heterocycles. The van der Waals surface area contributed by atoms with E-state index in [0.29, 0.717) is 6.42 Å². The average Bonchev–Trinajstić information content (AvgIpc) is 3.09. The van der Waals surface area contributed by atoms with Crippen LogP contribution in [0.3, 0.4) is 0 Å². The minimum absolute atomic E-state index is 0. The highest BCUT2D eigenvalue weighted by Crippen LogP contribution is 2.35. The predicted molar refractivity (Wildman–Crippen MR) is 92.9 cm³/mol. The van der Waals surface area contributed by atoms with E-state index in [2.05, 4.69) is 4.90 Å². The van der Waals surface area contributed by atoms with E-state index in [1.807, 2.05) is 47.8 Å². The van der Waals surface area contributed by atoms with Gasteiger partial charge in [-0.05, 0) is 23.4 Å². The smallest absolute Gasteiger partial charge is 0.125 e. The fourth-order valence-electron chi connectivity index (χ4n) is 2.78. The zero-order valence-corrected chi connectivity index (χ0v) is 14.1. The van der Waals surface area contributed by atoms with Gasteiger partial charge in [0.2, 0.25) is 0 Å². The molecule has 120 valence electrons. The van der Waals surface area contributed by atoms with Crippen molar-refractivity contribution < 1.29 is 9.84 Å². The van der Waals surface area contributed by atoms with Gasteiger partial charge in [0.1, 0.15) is 5.60 Å². The molecule has 0 amide bonds. The molecule has 22 heavy (non-hydrogen) atoms. The van der Waals surface area contributed by atoms with E-state index in [9.17, 15) is 5.11 Å². The van der Waals surface area contributed by atoms with Crippen molar-refractivity contribution in [2.75, 3.05) is 32.8 Å². The van der Waals surface area contributed by atoms with Gasteiger partial charge in [-0.15, -0.1) is 23.7 Å². The van der Waals surface area contributed by atoms with Gasteiger partial charge in [0, 0.05) is 24.5 Å². The standard InChI is InChI=1S/C17H21NO2S.ClH/c19-17(16-7-4-14-21-16,15-5-2-1-3-6-15)8-9-18-10-12-20-13-11-18;/h1-7,14,19H,8-13H2;1H. The van der Waals surface area contributed by atoms with Crippen LogP contribution in [0.4, 0.5) is 0 Å². The van der Waals surface area contributed by atoms with Crippen molar-refractivity contribution in [3.05, 3.63) is 58.3 Å². The van der Waals surface area contributed by atoms with Gasteiger partial charge in [-0.25, -0.2) is 0 Å². The van der Waals surface area contributed by atoms with E-state index < -0.39 is 5.60 Å². The molecule has 1 atom stereocenters. The van der Waals surface area contributed by atoms with E-state index in [1.165, 1.54) is 0 Å². The molecule has 0 radical (unpaired) electrons. The normalized spacial score (nSPS) is 18.4. The van der Waals surface area contributed by atoms with E-state index >= 15 is 0 Å². The summed E-state index contributed by atoms with van der Waals surface area (Å²) in [5.41, 5.74) is 0.0778. The quantitative estimate of drug-likeness (QED) is 0.908. The molecule has 0 spiro atoms. The highest BCUT2D eigenvalue weighted by Gasteiger charge is 2.32. The topological polar surface area (TPSA) is 32.7 Å². The summed E-state index contributed by atoms with van der Waals surface area (Å²) in [5, 5.41) is 13.4. The van der Waals surface area contributed by atoms with Crippen molar-refractivity contribution >= 4 is 23.7 Å². The van der Waals surface area contributed by atoms with Crippen LogP contribution in [-0.2, 0) is 10.3 Å². The number of aliphatic hydroxyl groups is 1. The fourth-order valence-corrected chi connectivity index (χ4v) is 3.66. The zero-order chi connectivity index (χ0) is 14.5. The molecule has 5 heteroatoms. The van der Waals surface area contributed by atoms with Gasteiger partial charge in [0.25, 0.3) is 0 Å². The van der Waals surface area contributed by atoms with Crippen LogP contribution in [0.5, 0.6) is 0 Å². The van der Waals surface area contributed by atoms with Gasteiger partial charge < -0.3 is 9.84 Å². The minimum Gasteiger partial charge on any atom is -0.379 e. The Labute approximate surface area is 141 Å². The minimum atomic E-state index is -0.895. The van der Waals surface area contributed by atoms with Crippen LogP contribution in [0.15, 0.2) is 47.8 Å². The molecular weight excluding hydrogens is 318 g/mol. The molecule has 1 unspecified atom stereocenters. The molecule has 1 N–H and O–H groups in total. The lowest BCUT2D eigenvalue weighted by Crippen LogP contribution is -2.40. The van der Waals surface area contributed by atoms with E-state index in [4.69, 9.17) is 4.74 Å². The van der Waals surface area contributed by atoms with Crippen LogP contribution in [0, 0.1) is 0 Å². The summed E-state index contributed by atoms with van der Waals surface area (Å²) in [5.74, 6) is 0. The number of ether oxygens (including phenoxy) is 1. The average molecular weight is 340 g/mol. The summed E-state index contributed by atoms with van der Waals surface area (Å²) < 4.78 is 5.39. The lowest BCUT2D eigenvalue weighted by Gasteiger charge is -2.32. The maximum absolute atomic E-state index is 11.3. The van der Waals surface area contributed by atoms with Crippen LogP contribution in [0.1, 0.15) is 16.9 Å². The molecule has 1 aromatic carbocycles. The van der Waals surface area contributed by atoms with Crippen molar-refractivity contribution in [3.63, 3.8) is 0 Å². The molecule has 1 aliphatic heterocycles. The summed E-state index contributed by atoms with van der Waals surface area (Å²) in [6, 6.07) is 14.0. The first-order valence-corrected chi connectivity index (χ1v) is 8.29. The number of rotatable bonds is 5. The fraction of sp³-hybridized carbons (Fsp3) is 0.412. The first kappa shape index (κ1) is 17.4. The van der Waals surface area contributed by atoms with Crippen LogP contribution >= 0.6 is 23.7 Å². The summed E-state index contributed by atoms with van der Waals surface area (Å²) in [4.78, 5) is 3.38. The summed E-state index contributed by atoms with van der Waals surface area (Å²) in [6.07, 6.45) is 0.706. The first-order valence-electron chi connectivity index (χ1n) is 7.41. The summed E-state index contributed by atoms with van der Waals surface area (Å²) in [7, 11) is 0. The van der Waals surface area contributed by atoms with Gasteiger partial charge >= 0.3 is 0 Å². The molecular formula is C17H22ClNO2S. The Morgan fingerprint density at radius 2 is 1.82 bits per heavy atom. The second-order valence-electron chi connectivity index (χ2n) is 5.41.